The third kappa shape index (κ3) is 5.87. The van der Waals surface area contributed by atoms with E-state index < -0.39 is 0 Å². The number of phenols is 1. The Kier molecular flexibility index (Phi) is 6.53. The number of aromatic hydroxyl groups is 1. The molecule has 0 atom stereocenters. The SMILES string of the molecule is COc1cc(COc2ccc(/C=C/C(=O)Nc3ccc(O)cc3)cc2)ccc1C. The number of anilines is 1. The second-order valence-electron chi connectivity index (χ2n) is 6.53. The normalized spacial score (nSPS) is 10.7. The molecule has 5 nitrogen and oxygen atoms in total. The molecule has 0 radical (unpaired) electrons. The van der Waals surface area contributed by atoms with E-state index in [0.29, 0.717) is 12.3 Å². The summed E-state index contributed by atoms with van der Waals surface area (Å²) >= 11 is 0. The second-order valence-corrected chi connectivity index (χ2v) is 6.53. The molecule has 3 aromatic rings. The minimum absolute atomic E-state index is 0.155. The maximum Gasteiger partial charge on any atom is 0.248 e. The highest BCUT2D eigenvalue weighted by atomic mass is 16.5. The fourth-order valence-corrected chi connectivity index (χ4v) is 2.70. The molecule has 3 aromatic carbocycles. The van der Waals surface area contributed by atoms with E-state index in [0.717, 1.165) is 28.2 Å². The van der Waals surface area contributed by atoms with E-state index in [1.807, 2.05) is 49.4 Å². The number of carbonyl (C=O) groups excluding carboxylic acids is 1. The van der Waals surface area contributed by atoms with Crippen LogP contribution in [0.25, 0.3) is 6.08 Å². The van der Waals surface area contributed by atoms with Gasteiger partial charge in [-0.1, -0.05) is 24.3 Å². The van der Waals surface area contributed by atoms with Crippen molar-refractivity contribution in [3.63, 3.8) is 0 Å². The molecule has 1 amide bonds. The number of ether oxygens (including phenoxy) is 2. The zero-order valence-corrected chi connectivity index (χ0v) is 16.4. The van der Waals surface area contributed by atoms with Gasteiger partial charge < -0.3 is 19.9 Å². The topological polar surface area (TPSA) is 67.8 Å². The molecule has 0 aliphatic rings. The van der Waals surface area contributed by atoms with Gasteiger partial charge in [-0.05, 0) is 72.2 Å². The van der Waals surface area contributed by atoms with E-state index in [9.17, 15) is 9.90 Å². The van der Waals surface area contributed by atoms with Gasteiger partial charge in [0.05, 0.1) is 7.11 Å². The lowest BCUT2D eigenvalue weighted by molar-refractivity contribution is -0.111. The third-order valence-corrected chi connectivity index (χ3v) is 4.32. The van der Waals surface area contributed by atoms with Crippen LogP contribution in [-0.2, 0) is 11.4 Å². The second kappa shape index (κ2) is 9.46. The highest BCUT2D eigenvalue weighted by Crippen LogP contribution is 2.21. The number of aryl methyl sites for hydroxylation is 1. The summed E-state index contributed by atoms with van der Waals surface area (Å²) in [6, 6.07) is 19.8. The zero-order valence-electron chi connectivity index (χ0n) is 16.4. The van der Waals surface area contributed by atoms with Gasteiger partial charge in [0.1, 0.15) is 23.9 Å². The number of nitrogens with one attached hydrogen (secondary N) is 1. The smallest absolute Gasteiger partial charge is 0.248 e. The quantitative estimate of drug-likeness (QED) is 0.444. The van der Waals surface area contributed by atoms with Gasteiger partial charge in [0.2, 0.25) is 5.91 Å². The first-order chi connectivity index (χ1) is 14.0. The summed E-state index contributed by atoms with van der Waals surface area (Å²) in [5.41, 5.74) is 3.62. The third-order valence-electron chi connectivity index (χ3n) is 4.32. The highest BCUT2D eigenvalue weighted by molar-refractivity contribution is 6.01. The van der Waals surface area contributed by atoms with E-state index in [1.165, 1.54) is 18.2 Å². The number of amides is 1. The summed E-state index contributed by atoms with van der Waals surface area (Å²) in [6.45, 7) is 2.45. The van der Waals surface area contributed by atoms with Crippen molar-refractivity contribution in [2.75, 3.05) is 12.4 Å². The Labute approximate surface area is 170 Å². The fourth-order valence-electron chi connectivity index (χ4n) is 2.70. The Morgan fingerprint density at radius 2 is 1.76 bits per heavy atom. The molecule has 5 heteroatoms. The molecule has 0 saturated carbocycles. The summed E-state index contributed by atoms with van der Waals surface area (Å²) in [6.07, 6.45) is 3.19. The average molecular weight is 389 g/mol. The summed E-state index contributed by atoms with van der Waals surface area (Å²) in [4.78, 5) is 12.0. The molecule has 0 unspecified atom stereocenters. The summed E-state index contributed by atoms with van der Waals surface area (Å²) in [7, 11) is 1.66. The van der Waals surface area contributed by atoms with Crippen LogP contribution in [0.3, 0.4) is 0 Å². The Morgan fingerprint density at radius 1 is 1.03 bits per heavy atom. The number of rotatable bonds is 7. The van der Waals surface area contributed by atoms with Crippen molar-refractivity contribution in [2.24, 2.45) is 0 Å². The van der Waals surface area contributed by atoms with Crippen molar-refractivity contribution in [3.8, 4) is 17.2 Å². The average Bonchev–Trinajstić information content (AvgIpc) is 2.74. The molecule has 0 spiro atoms. The number of carbonyl (C=O) groups is 1. The number of hydrogen-bond donors (Lipinski definition) is 2. The van der Waals surface area contributed by atoms with Crippen molar-refractivity contribution in [1.29, 1.82) is 0 Å². The molecule has 148 valence electrons. The Hall–Kier alpha value is -3.73. The van der Waals surface area contributed by atoms with Crippen molar-refractivity contribution in [2.45, 2.75) is 13.5 Å². The van der Waals surface area contributed by atoms with Gasteiger partial charge in [-0.3, -0.25) is 4.79 Å². The molecule has 0 heterocycles. The molecule has 0 aromatic heterocycles. The summed E-state index contributed by atoms with van der Waals surface area (Å²) < 4.78 is 11.2. The first-order valence-electron chi connectivity index (χ1n) is 9.18. The van der Waals surface area contributed by atoms with Crippen LogP contribution in [0.5, 0.6) is 17.2 Å². The van der Waals surface area contributed by atoms with Crippen LogP contribution in [0.2, 0.25) is 0 Å². The van der Waals surface area contributed by atoms with Crippen LogP contribution >= 0.6 is 0 Å². The molecule has 0 aliphatic carbocycles. The van der Waals surface area contributed by atoms with Crippen LogP contribution in [-0.4, -0.2) is 18.1 Å². The van der Waals surface area contributed by atoms with E-state index in [-0.39, 0.29) is 11.7 Å². The number of hydrogen-bond acceptors (Lipinski definition) is 4. The first kappa shape index (κ1) is 20.0. The van der Waals surface area contributed by atoms with Gasteiger partial charge in [-0.25, -0.2) is 0 Å². The van der Waals surface area contributed by atoms with Crippen molar-refractivity contribution >= 4 is 17.7 Å². The number of phenolic OH excluding ortho intramolecular Hbond substituents is 1. The van der Waals surface area contributed by atoms with Crippen LogP contribution in [0.1, 0.15) is 16.7 Å². The molecular weight excluding hydrogens is 366 g/mol. The lowest BCUT2D eigenvalue weighted by Gasteiger charge is -2.09. The summed E-state index contributed by atoms with van der Waals surface area (Å²) in [5.74, 6) is 1.50. The minimum Gasteiger partial charge on any atom is -0.508 e. The van der Waals surface area contributed by atoms with Crippen LogP contribution in [0.15, 0.2) is 72.8 Å². The molecule has 0 bridgehead atoms. The van der Waals surface area contributed by atoms with Crippen molar-refractivity contribution in [3.05, 3.63) is 89.5 Å². The molecule has 2 N–H and O–H groups in total. The van der Waals surface area contributed by atoms with Crippen molar-refractivity contribution < 1.29 is 19.4 Å². The van der Waals surface area contributed by atoms with Gasteiger partial charge in [0, 0.05) is 11.8 Å². The molecule has 0 saturated heterocycles. The van der Waals surface area contributed by atoms with E-state index in [2.05, 4.69) is 5.32 Å². The van der Waals surface area contributed by atoms with Gasteiger partial charge in [0.15, 0.2) is 0 Å². The molecule has 0 aliphatic heterocycles. The van der Waals surface area contributed by atoms with Gasteiger partial charge in [0.25, 0.3) is 0 Å². The predicted octanol–water partition coefficient (Wildman–Crippen LogP) is 4.94. The van der Waals surface area contributed by atoms with Crippen LogP contribution < -0.4 is 14.8 Å². The van der Waals surface area contributed by atoms with E-state index in [4.69, 9.17) is 9.47 Å². The maximum absolute atomic E-state index is 12.0. The summed E-state index contributed by atoms with van der Waals surface area (Å²) in [5, 5.41) is 12.0. The van der Waals surface area contributed by atoms with Crippen LogP contribution in [0.4, 0.5) is 5.69 Å². The van der Waals surface area contributed by atoms with Gasteiger partial charge in [-0.15, -0.1) is 0 Å². The minimum atomic E-state index is -0.246. The Bertz CT molecular complexity index is 992. The Morgan fingerprint density at radius 3 is 2.45 bits per heavy atom. The molecule has 3 rings (SSSR count). The maximum atomic E-state index is 12.0. The largest absolute Gasteiger partial charge is 0.508 e. The number of benzene rings is 3. The van der Waals surface area contributed by atoms with E-state index in [1.54, 1.807) is 25.3 Å². The van der Waals surface area contributed by atoms with E-state index >= 15 is 0 Å². The van der Waals surface area contributed by atoms with Crippen LogP contribution in [0, 0.1) is 6.92 Å². The fraction of sp³-hybridized carbons (Fsp3) is 0.125. The lowest BCUT2D eigenvalue weighted by atomic mass is 10.1. The molecule has 29 heavy (non-hydrogen) atoms. The first-order valence-corrected chi connectivity index (χ1v) is 9.18. The molecular formula is C24H23NO4. The Balaban J connectivity index is 1.53. The lowest BCUT2D eigenvalue weighted by Crippen LogP contribution is -2.07. The molecule has 0 fully saturated rings. The van der Waals surface area contributed by atoms with Gasteiger partial charge in [-0.2, -0.15) is 0 Å². The predicted molar refractivity (Wildman–Crippen MR) is 114 cm³/mol. The zero-order chi connectivity index (χ0) is 20.6. The van der Waals surface area contributed by atoms with Gasteiger partial charge >= 0.3 is 0 Å². The number of methoxy groups -OCH3 is 1. The standard InChI is InChI=1S/C24H23NO4/c1-17-3-4-19(15-23(17)28-2)16-29-22-12-5-18(6-13-22)7-14-24(27)25-20-8-10-21(26)11-9-20/h3-15,26H,16H2,1-2H3,(H,25,27)/b14-7+. The van der Waals surface area contributed by atoms with Crippen molar-refractivity contribution in [1.82, 2.24) is 0 Å². The highest BCUT2D eigenvalue weighted by Gasteiger charge is 2.02. The monoisotopic (exact) mass is 389 g/mol.